The lowest BCUT2D eigenvalue weighted by molar-refractivity contribution is -0.383. The Labute approximate surface area is 277 Å². The number of cyclic esters (lactones) is 1. The molecule has 4 aromatic rings. The fraction of sp³-hybridized carbons (Fsp3) is 0.242. The minimum Gasteiger partial charge on any atom is -0.458 e. The average molecular weight is 671 g/mol. The van der Waals surface area contributed by atoms with Gasteiger partial charge in [-0.1, -0.05) is 31.2 Å². The molecule has 49 heavy (non-hydrogen) atoms. The van der Waals surface area contributed by atoms with Gasteiger partial charge < -0.3 is 29.8 Å². The number of hydroxylamine groups is 1. The normalized spacial score (nSPS) is 16.1. The number of aromatic nitrogens is 2. The van der Waals surface area contributed by atoms with Crippen molar-refractivity contribution in [3.63, 3.8) is 0 Å². The first-order valence-electron chi connectivity index (χ1n) is 15.2. The largest absolute Gasteiger partial charge is 0.458 e. The van der Waals surface area contributed by atoms with Crippen LogP contribution < -0.4 is 26.4 Å². The Morgan fingerprint density at radius 1 is 1.14 bits per heavy atom. The molecule has 16 heteroatoms. The standard InChI is InChI=1S/C33H30N6O10/c1-2-33(44)24-14-26-28-22(16-38(26)30(41)23(24)17-48-31(33)42)29(39(46)47)21-13-20(8-9-25(21)36-28)49-32(43)35-12-11-34-15-19-5-3-18(4-6-19)7-10-27(40)37-45/h3-10,13-14,34,44-45H,2,11-12,15-17H2,1H3,(H,35,43)(H,37,40)/b10-7+/t33-/m0/s1. The van der Waals surface area contributed by atoms with Crippen LogP contribution in [0.1, 0.15) is 41.2 Å². The molecule has 6 rings (SSSR count). The predicted octanol–water partition coefficient (Wildman–Crippen LogP) is 2.38. The van der Waals surface area contributed by atoms with Gasteiger partial charge in [0.1, 0.15) is 12.4 Å². The van der Waals surface area contributed by atoms with Crippen molar-refractivity contribution in [3.05, 3.63) is 103 Å². The van der Waals surface area contributed by atoms with E-state index in [4.69, 9.17) is 14.7 Å². The molecule has 0 radical (unpaired) electrons. The number of rotatable bonds is 10. The Morgan fingerprint density at radius 2 is 1.92 bits per heavy atom. The van der Waals surface area contributed by atoms with Crippen molar-refractivity contribution in [1.82, 2.24) is 25.7 Å². The second-order valence-corrected chi connectivity index (χ2v) is 11.4. The number of benzene rings is 2. The smallest absolute Gasteiger partial charge is 0.412 e. The van der Waals surface area contributed by atoms with Crippen LogP contribution in [0.4, 0.5) is 10.5 Å². The molecule has 4 heterocycles. The SMILES string of the molecule is CC[C@@]1(O)C(=O)OCc2c1cc1n(c2=O)Cc2c-1nc1ccc(OC(=O)NCCNCc3ccc(/C=C/C(=O)NO)cc3)cc1c2[N+](=O)[O-]. The second-order valence-electron chi connectivity index (χ2n) is 11.4. The molecular weight excluding hydrogens is 640 g/mol. The van der Waals surface area contributed by atoms with Crippen LogP contribution >= 0.6 is 0 Å². The van der Waals surface area contributed by atoms with Crippen LogP contribution in [0.5, 0.6) is 5.75 Å². The number of carbonyl (C=O) groups is 3. The Balaban J connectivity index is 1.14. The molecular formula is C33H30N6O10. The highest BCUT2D eigenvalue weighted by Crippen LogP contribution is 2.43. The van der Waals surface area contributed by atoms with Gasteiger partial charge in [0, 0.05) is 31.3 Å². The van der Waals surface area contributed by atoms with Crippen LogP contribution in [0.15, 0.2) is 59.4 Å². The van der Waals surface area contributed by atoms with Gasteiger partial charge in [0.05, 0.1) is 44.9 Å². The van der Waals surface area contributed by atoms with Crippen molar-refractivity contribution >= 4 is 40.6 Å². The van der Waals surface area contributed by atoms with Gasteiger partial charge in [0.15, 0.2) is 5.60 Å². The van der Waals surface area contributed by atoms with Gasteiger partial charge in [-0.05, 0) is 47.9 Å². The lowest BCUT2D eigenvalue weighted by atomic mass is 9.86. The van der Waals surface area contributed by atoms with Crippen LogP contribution in [-0.2, 0) is 39.6 Å². The summed E-state index contributed by atoms with van der Waals surface area (Å²) >= 11 is 0. The first kappa shape index (κ1) is 33.0. The number of nitrogens with zero attached hydrogens (tertiary/aromatic N) is 3. The van der Waals surface area contributed by atoms with Crippen LogP contribution in [0.3, 0.4) is 0 Å². The zero-order valence-corrected chi connectivity index (χ0v) is 26.0. The first-order chi connectivity index (χ1) is 23.5. The summed E-state index contributed by atoms with van der Waals surface area (Å²) in [5.41, 5.74) is 1.34. The zero-order chi connectivity index (χ0) is 34.9. The maximum atomic E-state index is 13.5. The third-order valence-electron chi connectivity index (χ3n) is 8.44. The summed E-state index contributed by atoms with van der Waals surface area (Å²) in [4.78, 5) is 66.0. The number of aliphatic hydroxyl groups is 1. The summed E-state index contributed by atoms with van der Waals surface area (Å²) in [5.74, 6) is -1.46. The number of ether oxygens (including phenoxy) is 2. The molecule has 16 nitrogen and oxygen atoms in total. The molecule has 2 aromatic heterocycles. The van der Waals surface area contributed by atoms with Gasteiger partial charge in [-0.3, -0.25) is 24.9 Å². The number of nitrogens with one attached hydrogen (secondary N) is 3. The summed E-state index contributed by atoms with van der Waals surface area (Å²) in [6, 6.07) is 13.1. The zero-order valence-electron chi connectivity index (χ0n) is 26.0. The average Bonchev–Trinajstić information content (AvgIpc) is 3.46. The molecule has 2 amide bonds. The van der Waals surface area contributed by atoms with E-state index in [0.29, 0.717) is 13.1 Å². The third-order valence-corrected chi connectivity index (χ3v) is 8.44. The molecule has 0 saturated heterocycles. The van der Waals surface area contributed by atoms with E-state index in [1.54, 1.807) is 13.0 Å². The number of nitro groups is 1. The topological polar surface area (TPSA) is 224 Å². The van der Waals surface area contributed by atoms with Crippen LogP contribution in [0, 0.1) is 10.1 Å². The number of hydrogen-bond donors (Lipinski definition) is 5. The van der Waals surface area contributed by atoms with Crippen molar-refractivity contribution in [2.45, 2.75) is 38.6 Å². The first-order valence-corrected chi connectivity index (χ1v) is 15.2. The van der Waals surface area contributed by atoms with Gasteiger partial charge in [0.25, 0.3) is 17.2 Å². The van der Waals surface area contributed by atoms with Crippen molar-refractivity contribution in [3.8, 4) is 17.1 Å². The Kier molecular flexibility index (Phi) is 8.92. The summed E-state index contributed by atoms with van der Waals surface area (Å²) in [5, 5.41) is 37.9. The lowest BCUT2D eigenvalue weighted by Gasteiger charge is -2.31. The molecule has 2 aromatic carbocycles. The van der Waals surface area contributed by atoms with E-state index < -0.39 is 34.1 Å². The second kappa shape index (κ2) is 13.3. The molecule has 5 N–H and O–H groups in total. The fourth-order valence-corrected chi connectivity index (χ4v) is 5.89. The molecule has 252 valence electrons. The van der Waals surface area contributed by atoms with Gasteiger partial charge in [-0.15, -0.1) is 0 Å². The molecule has 0 saturated carbocycles. The highest BCUT2D eigenvalue weighted by atomic mass is 16.6. The molecule has 0 spiro atoms. The van der Waals surface area contributed by atoms with Crippen molar-refractivity contribution in [1.29, 1.82) is 0 Å². The van der Waals surface area contributed by atoms with Crippen molar-refractivity contribution in [2.75, 3.05) is 13.1 Å². The van der Waals surface area contributed by atoms with Crippen molar-refractivity contribution < 1.29 is 39.1 Å². The molecule has 0 unspecified atom stereocenters. The highest BCUT2D eigenvalue weighted by molar-refractivity contribution is 5.95. The maximum Gasteiger partial charge on any atom is 0.412 e. The number of amides is 2. The van der Waals surface area contributed by atoms with E-state index in [2.05, 4.69) is 15.6 Å². The highest BCUT2D eigenvalue weighted by Gasteiger charge is 2.46. The summed E-state index contributed by atoms with van der Waals surface area (Å²) in [6.45, 7) is 2.22. The van der Waals surface area contributed by atoms with Gasteiger partial charge in [0.2, 0.25) is 0 Å². The maximum absolute atomic E-state index is 13.5. The number of esters is 1. The molecule has 0 bridgehead atoms. The van der Waals surface area contributed by atoms with E-state index >= 15 is 0 Å². The van der Waals surface area contributed by atoms with Crippen LogP contribution in [-0.4, -0.2) is 55.8 Å². The van der Waals surface area contributed by atoms with E-state index in [0.717, 1.165) is 11.1 Å². The van der Waals surface area contributed by atoms with E-state index in [-0.39, 0.29) is 76.5 Å². The fourth-order valence-electron chi connectivity index (χ4n) is 5.89. The summed E-state index contributed by atoms with van der Waals surface area (Å²) in [6.07, 6.45) is 1.93. The number of pyridine rings is 2. The monoisotopic (exact) mass is 670 g/mol. The lowest BCUT2D eigenvalue weighted by Crippen LogP contribution is -2.44. The minimum absolute atomic E-state index is 0.0419. The van der Waals surface area contributed by atoms with Crippen LogP contribution in [0.2, 0.25) is 0 Å². The molecule has 2 aliphatic rings. The summed E-state index contributed by atoms with van der Waals surface area (Å²) < 4.78 is 11.8. The molecule has 0 aliphatic carbocycles. The van der Waals surface area contributed by atoms with Gasteiger partial charge in [-0.25, -0.2) is 20.1 Å². The van der Waals surface area contributed by atoms with Gasteiger partial charge >= 0.3 is 12.1 Å². The Bertz CT molecular complexity index is 2110. The number of hydrogen-bond acceptors (Lipinski definition) is 12. The Hall–Kier alpha value is -5.97. The van der Waals surface area contributed by atoms with E-state index in [1.165, 1.54) is 40.4 Å². The van der Waals surface area contributed by atoms with Crippen LogP contribution in [0.25, 0.3) is 28.4 Å². The quantitative estimate of drug-likeness (QED) is 0.0361. The third kappa shape index (κ3) is 6.22. The molecule has 2 aliphatic heterocycles. The molecule has 0 fully saturated rings. The number of fused-ring (bicyclic) bond motifs is 5. The predicted molar refractivity (Wildman–Crippen MR) is 172 cm³/mol. The van der Waals surface area contributed by atoms with Gasteiger partial charge in [-0.2, -0.15) is 0 Å². The van der Waals surface area contributed by atoms with E-state index in [1.807, 2.05) is 24.3 Å². The van der Waals surface area contributed by atoms with Crippen molar-refractivity contribution in [2.24, 2.45) is 0 Å². The molecule has 1 atom stereocenters. The van der Waals surface area contributed by atoms with E-state index in [9.17, 15) is 34.4 Å². The summed E-state index contributed by atoms with van der Waals surface area (Å²) in [7, 11) is 0. The Morgan fingerprint density at radius 3 is 2.63 bits per heavy atom. The minimum atomic E-state index is -2.04. The number of carbonyl (C=O) groups excluding carboxylic acids is 3.